The van der Waals surface area contributed by atoms with Crippen LogP contribution in [0.15, 0.2) is 42.0 Å². The lowest BCUT2D eigenvalue weighted by Gasteiger charge is -2.27. The smallest absolute Gasteiger partial charge is 0.295 e. The molecule has 0 aliphatic carbocycles. The molecule has 1 aliphatic rings. The van der Waals surface area contributed by atoms with Crippen LogP contribution in [0.2, 0.25) is 0 Å². The molecule has 3 rings (SSSR count). The Balaban J connectivity index is 2.22. The summed E-state index contributed by atoms with van der Waals surface area (Å²) in [4.78, 5) is 29.7. The second-order valence-corrected chi connectivity index (χ2v) is 8.12. The van der Waals surface area contributed by atoms with Crippen LogP contribution >= 0.6 is 0 Å². The molecule has 1 fully saturated rings. The number of benzene rings is 2. The number of nitrogens with zero attached hydrogens (tertiary/aromatic N) is 2. The van der Waals surface area contributed by atoms with E-state index in [0.29, 0.717) is 35.8 Å². The summed E-state index contributed by atoms with van der Waals surface area (Å²) in [6, 6.07) is 8.51. The van der Waals surface area contributed by atoms with E-state index in [0.717, 1.165) is 0 Å². The van der Waals surface area contributed by atoms with Crippen LogP contribution in [0, 0.1) is 0 Å². The normalized spacial score (nSPS) is 17.4. The van der Waals surface area contributed by atoms with Crippen molar-refractivity contribution in [1.29, 1.82) is 0 Å². The first kappa shape index (κ1) is 24.9. The van der Waals surface area contributed by atoms with Crippen molar-refractivity contribution in [2.75, 3.05) is 48.5 Å². The standard InChI is InChI=1S/C25H30N2O7/c1-26(2)12-7-13-27-21(17-8-6-9-19(33-4)24(17)34-5)20(23(30)25(27)31)22(29)16-11-10-15(32-3)14-18(16)28/h6,8-11,14,21,28-29H,7,12-13H2,1-5H3/t21-/m0/s1. The molecule has 2 N–H and O–H groups in total. The highest BCUT2D eigenvalue weighted by Gasteiger charge is 2.47. The molecular weight excluding hydrogens is 440 g/mol. The number of ether oxygens (including phenoxy) is 3. The molecule has 0 saturated carbocycles. The maximum Gasteiger partial charge on any atom is 0.295 e. The Kier molecular flexibility index (Phi) is 7.68. The van der Waals surface area contributed by atoms with Gasteiger partial charge in [0.15, 0.2) is 11.5 Å². The SMILES string of the molecule is COc1ccc(C(O)=C2C(=O)C(=O)N(CCCN(C)C)[C@H]2c2cccc(OC)c2OC)c(O)c1. The first-order valence-corrected chi connectivity index (χ1v) is 10.8. The maximum atomic E-state index is 13.2. The van der Waals surface area contributed by atoms with Crippen LogP contribution in [0.25, 0.3) is 5.76 Å². The zero-order valence-electron chi connectivity index (χ0n) is 20.0. The molecular formula is C25H30N2O7. The van der Waals surface area contributed by atoms with E-state index in [4.69, 9.17) is 14.2 Å². The van der Waals surface area contributed by atoms with Gasteiger partial charge in [-0.25, -0.2) is 0 Å². The second-order valence-electron chi connectivity index (χ2n) is 8.12. The number of hydrogen-bond acceptors (Lipinski definition) is 8. The molecule has 2 aromatic carbocycles. The van der Waals surface area contributed by atoms with Gasteiger partial charge >= 0.3 is 0 Å². The van der Waals surface area contributed by atoms with Crippen LogP contribution in [0.3, 0.4) is 0 Å². The van der Waals surface area contributed by atoms with Crippen LogP contribution in [0.4, 0.5) is 0 Å². The minimum atomic E-state index is -0.936. The minimum Gasteiger partial charge on any atom is -0.507 e. The zero-order chi connectivity index (χ0) is 25.0. The van der Waals surface area contributed by atoms with E-state index in [2.05, 4.69) is 0 Å². The molecule has 1 heterocycles. The number of Topliss-reactive ketones (excluding diaryl/α,β-unsaturated/α-hetero) is 1. The van der Waals surface area contributed by atoms with Gasteiger partial charge in [-0.15, -0.1) is 0 Å². The Bertz CT molecular complexity index is 1110. The Morgan fingerprint density at radius 1 is 1.06 bits per heavy atom. The summed E-state index contributed by atoms with van der Waals surface area (Å²) in [5, 5.41) is 21.7. The van der Waals surface area contributed by atoms with Gasteiger partial charge in [0.1, 0.15) is 17.3 Å². The Labute approximate surface area is 198 Å². The van der Waals surface area contributed by atoms with Gasteiger partial charge in [0, 0.05) is 18.2 Å². The lowest BCUT2D eigenvalue weighted by atomic mass is 9.94. The van der Waals surface area contributed by atoms with E-state index in [1.54, 1.807) is 24.3 Å². The molecule has 182 valence electrons. The second kappa shape index (κ2) is 10.5. The minimum absolute atomic E-state index is 0.0129. The first-order chi connectivity index (χ1) is 16.2. The Morgan fingerprint density at radius 2 is 1.79 bits per heavy atom. The average molecular weight is 471 g/mol. The number of aliphatic hydroxyl groups excluding tert-OH is 1. The van der Waals surface area contributed by atoms with Gasteiger partial charge in [0.25, 0.3) is 11.7 Å². The van der Waals surface area contributed by atoms with E-state index in [-0.39, 0.29) is 23.4 Å². The summed E-state index contributed by atoms with van der Waals surface area (Å²) in [6.45, 7) is 0.976. The fraction of sp³-hybridized carbons (Fsp3) is 0.360. The van der Waals surface area contributed by atoms with Crippen molar-refractivity contribution >= 4 is 17.4 Å². The van der Waals surface area contributed by atoms with Gasteiger partial charge in [0.05, 0.1) is 38.5 Å². The van der Waals surface area contributed by atoms with Gasteiger partial charge in [-0.3, -0.25) is 9.59 Å². The fourth-order valence-corrected chi connectivity index (χ4v) is 4.10. The molecule has 1 atom stereocenters. The van der Waals surface area contributed by atoms with Crippen LogP contribution in [-0.2, 0) is 9.59 Å². The molecule has 0 bridgehead atoms. The maximum absolute atomic E-state index is 13.2. The molecule has 0 unspecified atom stereocenters. The molecule has 0 radical (unpaired) electrons. The molecule has 2 aromatic rings. The van der Waals surface area contributed by atoms with Crippen LogP contribution in [0.5, 0.6) is 23.0 Å². The van der Waals surface area contributed by atoms with Gasteiger partial charge in [0.2, 0.25) is 0 Å². The van der Waals surface area contributed by atoms with E-state index in [1.165, 1.54) is 38.4 Å². The average Bonchev–Trinajstić information content (AvgIpc) is 3.07. The summed E-state index contributed by atoms with van der Waals surface area (Å²) in [5.74, 6) is -1.19. The quantitative estimate of drug-likeness (QED) is 0.327. The number of aromatic hydroxyl groups is 1. The molecule has 9 nitrogen and oxygen atoms in total. The lowest BCUT2D eigenvalue weighted by molar-refractivity contribution is -0.140. The number of rotatable bonds is 9. The largest absolute Gasteiger partial charge is 0.507 e. The molecule has 1 aliphatic heterocycles. The van der Waals surface area contributed by atoms with Gasteiger partial charge in [-0.05, 0) is 45.3 Å². The number of phenols is 1. The topological polar surface area (TPSA) is 109 Å². The summed E-state index contributed by atoms with van der Waals surface area (Å²) >= 11 is 0. The molecule has 1 amide bonds. The van der Waals surface area contributed by atoms with E-state index < -0.39 is 23.5 Å². The Morgan fingerprint density at radius 3 is 2.38 bits per heavy atom. The zero-order valence-corrected chi connectivity index (χ0v) is 20.0. The highest BCUT2D eigenvalue weighted by molar-refractivity contribution is 6.46. The lowest BCUT2D eigenvalue weighted by Crippen LogP contribution is -2.32. The third-order valence-corrected chi connectivity index (χ3v) is 5.73. The fourth-order valence-electron chi connectivity index (χ4n) is 4.10. The number of aliphatic hydroxyl groups is 1. The Hall–Kier alpha value is -3.72. The van der Waals surface area contributed by atoms with Crippen LogP contribution in [0.1, 0.15) is 23.6 Å². The predicted molar refractivity (Wildman–Crippen MR) is 126 cm³/mol. The van der Waals surface area contributed by atoms with Gasteiger partial charge in [-0.2, -0.15) is 0 Å². The number of carbonyl (C=O) groups excluding carboxylic acids is 2. The van der Waals surface area contributed by atoms with Crippen molar-refractivity contribution in [3.8, 4) is 23.0 Å². The molecule has 34 heavy (non-hydrogen) atoms. The number of carbonyl (C=O) groups is 2. The number of likely N-dealkylation sites (tertiary alicyclic amines) is 1. The van der Waals surface area contributed by atoms with Gasteiger partial charge in [-0.1, -0.05) is 12.1 Å². The molecule has 1 saturated heterocycles. The number of ketones is 1. The van der Waals surface area contributed by atoms with Gasteiger partial charge < -0.3 is 34.2 Å². The van der Waals surface area contributed by atoms with E-state index in [1.807, 2.05) is 19.0 Å². The molecule has 0 spiro atoms. The van der Waals surface area contributed by atoms with Crippen molar-refractivity contribution < 1.29 is 34.0 Å². The molecule has 9 heteroatoms. The summed E-state index contributed by atoms with van der Waals surface area (Å²) in [6.07, 6.45) is 0.608. The monoisotopic (exact) mass is 470 g/mol. The van der Waals surface area contributed by atoms with Crippen molar-refractivity contribution in [2.24, 2.45) is 0 Å². The summed E-state index contributed by atoms with van der Waals surface area (Å²) < 4.78 is 16.1. The highest BCUT2D eigenvalue weighted by atomic mass is 16.5. The predicted octanol–water partition coefficient (Wildman–Crippen LogP) is 2.79. The van der Waals surface area contributed by atoms with E-state index >= 15 is 0 Å². The third kappa shape index (κ3) is 4.65. The number of para-hydroxylation sites is 1. The highest BCUT2D eigenvalue weighted by Crippen LogP contribution is 2.46. The van der Waals surface area contributed by atoms with Crippen molar-refractivity contribution in [3.05, 3.63) is 53.1 Å². The summed E-state index contributed by atoms with van der Waals surface area (Å²) in [7, 11) is 8.24. The van der Waals surface area contributed by atoms with Crippen LogP contribution < -0.4 is 14.2 Å². The number of phenolic OH excluding ortho intramolecular Hbond substituents is 1. The number of hydrogen-bond donors (Lipinski definition) is 2. The van der Waals surface area contributed by atoms with Crippen molar-refractivity contribution in [1.82, 2.24) is 9.80 Å². The first-order valence-electron chi connectivity index (χ1n) is 10.8. The number of amides is 1. The number of methoxy groups -OCH3 is 3. The molecule has 0 aromatic heterocycles. The van der Waals surface area contributed by atoms with Crippen molar-refractivity contribution in [2.45, 2.75) is 12.5 Å². The van der Waals surface area contributed by atoms with E-state index in [9.17, 15) is 19.8 Å². The van der Waals surface area contributed by atoms with Crippen molar-refractivity contribution in [3.63, 3.8) is 0 Å². The van der Waals surface area contributed by atoms with Crippen LogP contribution in [-0.4, -0.2) is 80.2 Å². The third-order valence-electron chi connectivity index (χ3n) is 5.73. The summed E-state index contributed by atoms with van der Waals surface area (Å²) in [5.41, 5.74) is 0.362.